The summed E-state index contributed by atoms with van der Waals surface area (Å²) >= 11 is 3.49. The van der Waals surface area contributed by atoms with Crippen molar-refractivity contribution in [2.24, 2.45) is 11.7 Å². The molecule has 0 spiro atoms. The van der Waals surface area contributed by atoms with E-state index in [0.29, 0.717) is 12.6 Å². The molecule has 104 valence electrons. The van der Waals surface area contributed by atoms with Crippen molar-refractivity contribution in [3.8, 4) is 0 Å². The molecule has 2 aliphatic rings. The van der Waals surface area contributed by atoms with Crippen molar-refractivity contribution in [1.29, 1.82) is 0 Å². The minimum absolute atomic E-state index is 0.202. The van der Waals surface area contributed by atoms with Crippen LogP contribution < -0.4 is 5.73 Å². The van der Waals surface area contributed by atoms with Crippen molar-refractivity contribution in [2.75, 3.05) is 13.1 Å². The molecular formula is C15H20BrFN2. The Labute approximate surface area is 122 Å². The monoisotopic (exact) mass is 326 g/mol. The van der Waals surface area contributed by atoms with Crippen molar-refractivity contribution in [2.45, 2.75) is 37.8 Å². The fourth-order valence-electron chi connectivity index (χ4n) is 2.75. The van der Waals surface area contributed by atoms with Gasteiger partial charge in [0.1, 0.15) is 5.82 Å². The lowest BCUT2D eigenvalue weighted by atomic mass is 10.0. The number of hydrogen-bond donors (Lipinski definition) is 1. The first-order chi connectivity index (χ1) is 9.19. The van der Waals surface area contributed by atoms with E-state index in [1.807, 2.05) is 6.07 Å². The molecule has 2 nitrogen and oxygen atoms in total. The van der Waals surface area contributed by atoms with E-state index in [0.717, 1.165) is 22.5 Å². The lowest BCUT2D eigenvalue weighted by Crippen LogP contribution is -2.37. The third kappa shape index (κ3) is 3.18. The van der Waals surface area contributed by atoms with Gasteiger partial charge in [-0.15, -0.1) is 0 Å². The van der Waals surface area contributed by atoms with E-state index < -0.39 is 0 Å². The zero-order valence-corrected chi connectivity index (χ0v) is 12.6. The van der Waals surface area contributed by atoms with E-state index in [2.05, 4.69) is 20.8 Å². The van der Waals surface area contributed by atoms with Gasteiger partial charge >= 0.3 is 0 Å². The fraction of sp³-hybridized carbons (Fsp3) is 0.600. The lowest BCUT2D eigenvalue weighted by Gasteiger charge is -2.32. The van der Waals surface area contributed by atoms with Gasteiger partial charge < -0.3 is 5.73 Å². The molecule has 3 rings (SSSR count). The fourth-order valence-corrected chi connectivity index (χ4v) is 3.36. The molecule has 2 fully saturated rings. The molecule has 2 saturated carbocycles. The number of halogens is 2. The van der Waals surface area contributed by atoms with E-state index >= 15 is 0 Å². The van der Waals surface area contributed by atoms with Crippen LogP contribution in [0, 0.1) is 11.7 Å². The number of rotatable bonds is 6. The van der Waals surface area contributed by atoms with Crippen LogP contribution in [0.3, 0.4) is 0 Å². The van der Waals surface area contributed by atoms with Crippen LogP contribution in [0.5, 0.6) is 0 Å². The van der Waals surface area contributed by atoms with Gasteiger partial charge in [-0.2, -0.15) is 0 Å². The van der Waals surface area contributed by atoms with Crippen LogP contribution in [0.2, 0.25) is 0 Å². The van der Waals surface area contributed by atoms with E-state index in [9.17, 15) is 4.39 Å². The summed E-state index contributed by atoms with van der Waals surface area (Å²) in [6.45, 7) is 1.74. The zero-order valence-electron chi connectivity index (χ0n) is 11.0. The van der Waals surface area contributed by atoms with Gasteiger partial charge in [0.05, 0.1) is 0 Å². The number of nitrogens with zero attached hydrogens (tertiary/aromatic N) is 1. The van der Waals surface area contributed by atoms with Crippen LogP contribution in [0.15, 0.2) is 22.7 Å². The average molecular weight is 327 g/mol. The molecule has 0 bridgehead atoms. The van der Waals surface area contributed by atoms with Crippen molar-refractivity contribution in [1.82, 2.24) is 4.90 Å². The molecule has 0 radical (unpaired) electrons. The third-order valence-corrected chi connectivity index (χ3v) is 4.81. The summed E-state index contributed by atoms with van der Waals surface area (Å²) in [5.74, 6) is 0.653. The summed E-state index contributed by atoms with van der Waals surface area (Å²) < 4.78 is 14.1. The first-order valence-corrected chi connectivity index (χ1v) is 7.89. The second-order valence-corrected chi connectivity index (χ2v) is 6.64. The molecule has 0 heterocycles. The number of hydrogen-bond acceptors (Lipinski definition) is 2. The summed E-state index contributed by atoms with van der Waals surface area (Å²) in [5.41, 5.74) is 7.14. The number of benzene rings is 1. The topological polar surface area (TPSA) is 29.3 Å². The van der Waals surface area contributed by atoms with Gasteiger partial charge in [-0.3, -0.25) is 4.90 Å². The molecule has 0 aliphatic heterocycles. The van der Waals surface area contributed by atoms with Gasteiger partial charge in [-0.1, -0.05) is 22.0 Å². The second kappa shape index (κ2) is 5.51. The van der Waals surface area contributed by atoms with Crippen LogP contribution in [-0.2, 0) is 0 Å². The Morgan fingerprint density at radius 3 is 2.58 bits per heavy atom. The van der Waals surface area contributed by atoms with E-state index in [1.54, 1.807) is 6.07 Å². The van der Waals surface area contributed by atoms with Crippen LogP contribution in [-0.4, -0.2) is 24.0 Å². The van der Waals surface area contributed by atoms with Gasteiger partial charge in [-0.05, 0) is 49.3 Å². The molecule has 4 heteroatoms. The van der Waals surface area contributed by atoms with Crippen LogP contribution in [0.4, 0.5) is 4.39 Å². The van der Waals surface area contributed by atoms with Gasteiger partial charge in [0.2, 0.25) is 0 Å². The lowest BCUT2D eigenvalue weighted by molar-refractivity contribution is 0.182. The highest BCUT2D eigenvalue weighted by Gasteiger charge is 2.38. The standard InChI is InChI=1S/C15H20BrFN2/c16-14-7-11(17)3-6-13(14)15(8-18)19(12-4-5-12)9-10-1-2-10/h3,6-7,10,12,15H,1-2,4-5,8-9,18H2. The van der Waals surface area contributed by atoms with Gasteiger partial charge in [0.15, 0.2) is 0 Å². The summed E-state index contributed by atoms with van der Waals surface area (Å²) in [6, 6.07) is 5.85. The first-order valence-electron chi connectivity index (χ1n) is 7.10. The summed E-state index contributed by atoms with van der Waals surface area (Å²) in [6.07, 6.45) is 5.26. The Balaban J connectivity index is 1.83. The maximum atomic E-state index is 13.2. The average Bonchev–Trinajstić information content (AvgIpc) is 3.25. The summed E-state index contributed by atoms with van der Waals surface area (Å²) in [5, 5.41) is 0. The quantitative estimate of drug-likeness (QED) is 0.867. The first kappa shape index (κ1) is 13.5. The molecule has 1 unspecified atom stereocenters. The molecule has 2 aliphatic carbocycles. The van der Waals surface area contributed by atoms with Crippen molar-refractivity contribution < 1.29 is 4.39 Å². The molecule has 2 N–H and O–H groups in total. The van der Waals surface area contributed by atoms with Crippen molar-refractivity contribution in [3.05, 3.63) is 34.1 Å². The predicted octanol–water partition coefficient (Wildman–Crippen LogP) is 3.46. The zero-order chi connectivity index (χ0) is 13.4. The third-order valence-electron chi connectivity index (χ3n) is 4.13. The minimum atomic E-state index is -0.202. The highest BCUT2D eigenvalue weighted by atomic mass is 79.9. The van der Waals surface area contributed by atoms with E-state index in [1.165, 1.54) is 31.7 Å². The van der Waals surface area contributed by atoms with Gasteiger partial charge in [0.25, 0.3) is 0 Å². The molecule has 1 aromatic carbocycles. The summed E-state index contributed by atoms with van der Waals surface area (Å²) in [7, 11) is 0. The minimum Gasteiger partial charge on any atom is -0.329 e. The number of nitrogens with two attached hydrogens (primary N) is 1. The van der Waals surface area contributed by atoms with E-state index in [-0.39, 0.29) is 11.9 Å². The Kier molecular flexibility index (Phi) is 3.92. The summed E-state index contributed by atoms with van der Waals surface area (Å²) in [4.78, 5) is 2.55. The van der Waals surface area contributed by atoms with E-state index in [4.69, 9.17) is 5.73 Å². The molecule has 0 aromatic heterocycles. The second-order valence-electron chi connectivity index (χ2n) is 5.79. The Morgan fingerprint density at radius 1 is 1.32 bits per heavy atom. The van der Waals surface area contributed by atoms with Crippen LogP contribution >= 0.6 is 15.9 Å². The maximum absolute atomic E-state index is 13.2. The van der Waals surface area contributed by atoms with Crippen molar-refractivity contribution >= 4 is 15.9 Å². The van der Waals surface area contributed by atoms with Crippen LogP contribution in [0.25, 0.3) is 0 Å². The molecule has 1 atom stereocenters. The Morgan fingerprint density at radius 2 is 2.05 bits per heavy atom. The Hall–Kier alpha value is -0.450. The molecule has 0 saturated heterocycles. The maximum Gasteiger partial charge on any atom is 0.124 e. The van der Waals surface area contributed by atoms with Gasteiger partial charge in [0, 0.05) is 29.6 Å². The molecule has 1 aromatic rings. The SMILES string of the molecule is NCC(c1ccc(F)cc1Br)N(CC1CC1)C1CC1. The van der Waals surface area contributed by atoms with Crippen LogP contribution in [0.1, 0.15) is 37.3 Å². The highest BCUT2D eigenvalue weighted by Crippen LogP contribution is 2.40. The normalized spacial score (nSPS) is 20.8. The highest BCUT2D eigenvalue weighted by molar-refractivity contribution is 9.10. The molecular weight excluding hydrogens is 307 g/mol. The molecule has 19 heavy (non-hydrogen) atoms. The smallest absolute Gasteiger partial charge is 0.124 e. The van der Waals surface area contributed by atoms with Crippen molar-refractivity contribution in [3.63, 3.8) is 0 Å². The largest absolute Gasteiger partial charge is 0.329 e. The predicted molar refractivity (Wildman–Crippen MR) is 78.3 cm³/mol. The molecule has 0 amide bonds. The Bertz CT molecular complexity index is 457. The van der Waals surface area contributed by atoms with Gasteiger partial charge in [-0.25, -0.2) is 4.39 Å².